The summed E-state index contributed by atoms with van der Waals surface area (Å²) < 4.78 is 4.59. The smallest absolute Gasteiger partial charge is 0.330 e. The summed E-state index contributed by atoms with van der Waals surface area (Å²) in [4.78, 5) is 18.8. The number of anilines is 2. The van der Waals surface area contributed by atoms with Crippen LogP contribution in [-0.2, 0) is 9.53 Å². The third-order valence-corrected chi connectivity index (χ3v) is 5.17. The monoisotopic (exact) mass is 343 g/mol. The Balaban J connectivity index is 1.77. The number of rotatable bonds is 4. The number of carbonyl (C=O) groups is 1. The van der Waals surface area contributed by atoms with E-state index in [1.165, 1.54) is 49.5 Å². The van der Waals surface area contributed by atoms with E-state index in [2.05, 4.69) is 38.9 Å². The van der Waals surface area contributed by atoms with Gasteiger partial charge < -0.3 is 15.4 Å². The number of hydrogen-bond donors (Lipinski definition) is 1. The van der Waals surface area contributed by atoms with Crippen LogP contribution in [0.1, 0.15) is 24.1 Å². The van der Waals surface area contributed by atoms with E-state index >= 15 is 0 Å². The molecule has 1 fully saturated rings. The normalized spacial score (nSPS) is 15.0. The molecule has 24 heavy (non-hydrogen) atoms. The van der Waals surface area contributed by atoms with E-state index in [0.29, 0.717) is 5.82 Å². The van der Waals surface area contributed by atoms with E-state index in [9.17, 15) is 4.79 Å². The van der Waals surface area contributed by atoms with E-state index in [-0.39, 0.29) is 0 Å². The molecule has 1 aliphatic rings. The second-order valence-corrected chi connectivity index (χ2v) is 6.75. The van der Waals surface area contributed by atoms with E-state index in [1.807, 2.05) is 0 Å². The summed E-state index contributed by atoms with van der Waals surface area (Å²) in [5.41, 5.74) is 8.23. The molecule has 1 aliphatic heterocycles. The highest BCUT2D eigenvalue weighted by atomic mass is 32.1. The van der Waals surface area contributed by atoms with Gasteiger partial charge in [0.25, 0.3) is 0 Å². The predicted molar refractivity (Wildman–Crippen MR) is 99.1 cm³/mol. The number of hydrogen-bond acceptors (Lipinski definition) is 6. The maximum absolute atomic E-state index is 11.2. The summed E-state index contributed by atoms with van der Waals surface area (Å²) in [7, 11) is 1.35. The minimum absolute atomic E-state index is 0.407. The summed E-state index contributed by atoms with van der Waals surface area (Å²) in [6, 6.07) is 8.44. The summed E-state index contributed by atoms with van der Waals surface area (Å²) in [5, 5.41) is 0.849. The molecule has 1 aromatic heterocycles. The third-order valence-electron chi connectivity index (χ3n) is 4.09. The van der Waals surface area contributed by atoms with Gasteiger partial charge in [-0.15, -0.1) is 11.3 Å². The van der Waals surface area contributed by atoms with Crippen LogP contribution in [0.15, 0.2) is 30.3 Å². The number of nitrogen functional groups attached to an aromatic ring is 1. The van der Waals surface area contributed by atoms with Crippen molar-refractivity contribution >= 4 is 34.9 Å². The highest BCUT2D eigenvalue weighted by Crippen LogP contribution is 2.32. The molecule has 6 heteroatoms. The average molecular weight is 343 g/mol. The van der Waals surface area contributed by atoms with Crippen molar-refractivity contribution in [2.75, 3.05) is 30.8 Å². The standard InChI is InChI=1S/C18H21N3O2S/c1-23-16(22)10-9-15-17(19)20-18(24-15)13-5-7-14(8-6-13)21-11-3-2-4-12-21/h5-10H,2-4,11-12,19H2,1H3/b10-9+. The van der Waals surface area contributed by atoms with Gasteiger partial charge in [-0.3, -0.25) is 0 Å². The number of benzene rings is 1. The molecule has 0 saturated carbocycles. The van der Waals surface area contributed by atoms with Gasteiger partial charge in [-0.05, 0) is 49.6 Å². The molecule has 1 aromatic carbocycles. The second-order valence-electron chi connectivity index (χ2n) is 5.72. The molecule has 0 atom stereocenters. The van der Waals surface area contributed by atoms with Crippen molar-refractivity contribution in [3.8, 4) is 10.6 Å². The molecule has 0 bridgehead atoms. The Morgan fingerprint density at radius 3 is 2.62 bits per heavy atom. The van der Waals surface area contributed by atoms with Crippen LogP contribution in [0.5, 0.6) is 0 Å². The molecule has 5 nitrogen and oxygen atoms in total. The van der Waals surface area contributed by atoms with Crippen LogP contribution in [-0.4, -0.2) is 31.2 Å². The number of ether oxygens (including phenoxy) is 1. The molecule has 2 N–H and O–H groups in total. The summed E-state index contributed by atoms with van der Waals surface area (Å²) in [6.07, 6.45) is 6.85. The third kappa shape index (κ3) is 3.76. The zero-order valence-electron chi connectivity index (χ0n) is 13.7. The van der Waals surface area contributed by atoms with Gasteiger partial charge in [-0.1, -0.05) is 0 Å². The molecule has 126 valence electrons. The van der Waals surface area contributed by atoms with Crippen LogP contribution in [0.2, 0.25) is 0 Å². The number of nitrogens with two attached hydrogens (primary N) is 1. The lowest BCUT2D eigenvalue weighted by Gasteiger charge is -2.28. The van der Waals surface area contributed by atoms with Gasteiger partial charge in [0, 0.05) is 30.4 Å². The van der Waals surface area contributed by atoms with E-state index < -0.39 is 5.97 Å². The van der Waals surface area contributed by atoms with Crippen LogP contribution < -0.4 is 10.6 Å². The maximum Gasteiger partial charge on any atom is 0.330 e. The van der Waals surface area contributed by atoms with Gasteiger partial charge in [0.1, 0.15) is 10.8 Å². The molecule has 2 heterocycles. The number of methoxy groups -OCH3 is 1. The Morgan fingerprint density at radius 1 is 1.25 bits per heavy atom. The summed E-state index contributed by atoms with van der Waals surface area (Å²) in [5.74, 6) is 0.0190. The Bertz CT molecular complexity index is 731. The van der Waals surface area contributed by atoms with Gasteiger partial charge in [-0.2, -0.15) is 0 Å². The first-order valence-corrected chi connectivity index (χ1v) is 8.87. The van der Waals surface area contributed by atoms with E-state index in [1.54, 1.807) is 6.08 Å². The minimum atomic E-state index is -0.407. The van der Waals surface area contributed by atoms with Gasteiger partial charge in [0.2, 0.25) is 0 Å². The van der Waals surface area contributed by atoms with Gasteiger partial charge in [0.15, 0.2) is 0 Å². The van der Waals surface area contributed by atoms with Crippen molar-refractivity contribution in [3.63, 3.8) is 0 Å². The van der Waals surface area contributed by atoms with E-state index in [0.717, 1.165) is 28.5 Å². The molecule has 0 spiro atoms. The SMILES string of the molecule is COC(=O)/C=C/c1sc(-c2ccc(N3CCCCC3)cc2)nc1N. The maximum atomic E-state index is 11.2. The largest absolute Gasteiger partial charge is 0.466 e. The molecule has 0 unspecified atom stereocenters. The lowest BCUT2D eigenvalue weighted by Crippen LogP contribution is -2.29. The molecule has 2 aromatic rings. The van der Waals surface area contributed by atoms with Crippen LogP contribution in [0, 0.1) is 0 Å². The fourth-order valence-corrected chi connectivity index (χ4v) is 3.66. The Kier molecular flexibility index (Phi) is 5.15. The average Bonchev–Trinajstić information content (AvgIpc) is 3.01. The topological polar surface area (TPSA) is 68.5 Å². The first-order chi connectivity index (χ1) is 11.7. The summed E-state index contributed by atoms with van der Waals surface area (Å²) >= 11 is 1.46. The molecular formula is C18H21N3O2S. The first-order valence-electron chi connectivity index (χ1n) is 8.05. The van der Waals surface area contributed by atoms with Crippen LogP contribution in [0.4, 0.5) is 11.5 Å². The van der Waals surface area contributed by atoms with Crippen LogP contribution >= 0.6 is 11.3 Å². The lowest BCUT2D eigenvalue weighted by atomic mass is 10.1. The molecule has 0 radical (unpaired) electrons. The fourth-order valence-electron chi connectivity index (χ4n) is 2.77. The van der Waals surface area contributed by atoms with Gasteiger partial charge in [-0.25, -0.2) is 9.78 Å². The quantitative estimate of drug-likeness (QED) is 0.679. The molecule has 3 rings (SSSR count). The molecule has 1 saturated heterocycles. The first kappa shape index (κ1) is 16.5. The Hall–Kier alpha value is -2.34. The second kappa shape index (κ2) is 7.49. The fraction of sp³-hybridized carbons (Fsp3) is 0.333. The lowest BCUT2D eigenvalue weighted by molar-refractivity contribution is -0.134. The number of carbonyl (C=O) groups excluding carboxylic acids is 1. The number of aromatic nitrogens is 1. The molecular weight excluding hydrogens is 322 g/mol. The Labute approximate surface area is 145 Å². The number of nitrogens with zero attached hydrogens (tertiary/aromatic N) is 2. The van der Waals surface area contributed by atoms with Crippen LogP contribution in [0.3, 0.4) is 0 Å². The van der Waals surface area contributed by atoms with Gasteiger partial charge >= 0.3 is 5.97 Å². The zero-order valence-corrected chi connectivity index (χ0v) is 14.5. The number of esters is 1. The minimum Gasteiger partial charge on any atom is -0.466 e. The molecule has 0 amide bonds. The van der Waals surface area contributed by atoms with Crippen molar-refractivity contribution in [1.82, 2.24) is 4.98 Å². The van der Waals surface area contributed by atoms with E-state index in [4.69, 9.17) is 5.73 Å². The number of thiazole rings is 1. The Morgan fingerprint density at radius 2 is 1.96 bits per heavy atom. The highest BCUT2D eigenvalue weighted by molar-refractivity contribution is 7.16. The highest BCUT2D eigenvalue weighted by Gasteiger charge is 2.12. The number of piperidine rings is 1. The van der Waals surface area contributed by atoms with Crippen molar-refractivity contribution in [1.29, 1.82) is 0 Å². The van der Waals surface area contributed by atoms with Crippen molar-refractivity contribution in [2.24, 2.45) is 0 Å². The summed E-state index contributed by atoms with van der Waals surface area (Å²) in [6.45, 7) is 2.26. The zero-order chi connectivity index (χ0) is 16.9. The van der Waals surface area contributed by atoms with Gasteiger partial charge in [0.05, 0.1) is 12.0 Å². The van der Waals surface area contributed by atoms with Crippen LogP contribution in [0.25, 0.3) is 16.6 Å². The predicted octanol–water partition coefficient (Wildman–Crippen LogP) is 3.57. The van der Waals surface area contributed by atoms with Crippen molar-refractivity contribution < 1.29 is 9.53 Å². The molecule has 0 aliphatic carbocycles. The van der Waals surface area contributed by atoms with Crippen molar-refractivity contribution in [3.05, 3.63) is 35.2 Å². The van der Waals surface area contributed by atoms with Crippen molar-refractivity contribution in [2.45, 2.75) is 19.3 Å².